The van der Waals surface area contributed by atoms with Gasteiger partial charge in [0.1, 0.15) is 11.3 Å². The fourth-order valence-corrected chi connectivity index (χ4v) is 4.83. The summed E-state index contributed by atoms with van der Waals surface area (Å²) in [5, 5.41) is 4.23. The number of anilines is 1. The first-order chi connectivity index (χ1) is 14.0. The number of aromatic nitrogens is 1. The number of rotatable bonds is 7. The van der Waals surface area contributed by atoms with Gasteiger partial charge in [-0.05, 0) is 67.5 Å². The summed E-state index contributed by atoms with van der Waals surface area (Å²) < 4.78 is 33.4. The lowest BCUT2D eigenvalue weighted by molar-refractivity contribution is 0.472. The predicted octanol–water partition coefficient (Wildman–Crippen LogP) is 4.71. The van der Waals surface area contributed by atoms with Crippen LogP contribution < -0.4 is 9.50 Å². The van der Waals surface area contributed by atoms with E-state index < -0.39 is 10.1 Å². The minimum atomic E-state index is -3.51. The molecular formula is C21H24N2O4S2. The van der Waals surface area contributed by atoms with E-state index in [9.17, 15) is 8.42 Å². The number of hydrogen-bond acceptors (Lipinski definition) is 7. The van der Waals surface area contributed by atoms with Crippen LogP contribution in [0.15, 0.2) is 52.1 Å². The highest BCUT2D eigenvalue weighted by Crippen LogP contribution is 2.30. The number of nitrogens with one attached hydrogen (secondary N) is 1. The molecule has 8 heteroatoms. The third-order valence-electron chi connectivity index (χ3n) is 4.98. The number of nitrogens with zero attached hydrogens (tertiary/aromatic N) is 1. The van der Waals surface area contributed by atoms with Crippen LogP contribution in [0.1, 0.15) is 24.8 Å². The molecule has 3 aromatic rings. The summed E-state index contributed by atoms with van der Waals surface area (Å²) in [6, 6.07) is 13.3. The van der Waals surface area contributed by atoms with Crippen LogP contribution in [0.4, 0.5) is 5.69 Å². The Labute approximate surface area is 175 Å². The van der Waals surface area contributed by atoms with Crippen LogP contribution in [0.5, 0.6) is 5.75 Å². The molecular weight excluding hydrogens is 408 g/mol. The molecule has 0 radical (unpaired) electrons. The number of fused-ring (bicyclic) bond motifs is 2. The lowest BCUT2D eigenvalue weighted by atomic mass is 9.97. The molecule has 1 unspecified atom stereocenters. The fraction of sp³-hybridized carbons (Fsp3) is 0.381. The largest absolute Gasteiger partial charge is 0.431 e. The Morgan fingerprint density at radius 3 is 2.97 bits per heavy atom. The van der Waals surface area contributed by atoms with E-state index in [0.29, 0.717) is 11.7 Å². The topological polar surface area (TPSA) is 81.4 Å². The van der Waals surface area contributed by atoms with Crippen molar-refractivity contribution in [2.75, 3.05) is 23.9 Å². The van der Waals surface area contributed by atoms with E-state index in [4.69, 9.17) is 8.60 Å². The van der Waals surface area contributed by atoms with E-state index in [1.54, 1.807) is 17.8 Å². The SMILES string of the molecule is CS(=O)(=O)Oc1ccc2c(c1)CCC(CCCSc1nc3ccccc3o1)CN2. The summed E-state index contributed by atoms with van der Waals surface area (Å²) >= 11 is 1.66. The smallest absolute Gasteiger partial charge is 0.306 e. The lowest BCUT2D eigenvalue weighted by Gasteiger charge is -2.14. The lowest BCUT2D eigenvalue weighted by Crippen LogP contribution is -2.12. The molecule has 1 atom stereocenters. The normalized spacial score (nSPS) is 16.8. The minimum absolute atomic E-state index is 0.376. The van der Waals surface area contributed by atoms with Crippen molar-refractivity contribution in [3.63, 3.8) is 0 Å². The van der Waals surface area contributed by atoms with E-state index >= 15 is 0 Å². The molecule has 6 nitrogen and oxygen atoms in total. The maximum Gasteiger partial charge on any atom is 0.306 e. The third kappa shape index (κ3) is 5.45. The van der Waals surface area contributed by atoms with Gasteiger partial charge in [-0.2, -0.15) is 8.42 Å². The van der Waals surface area contributed by atoms with E-state index in [1.807, 2.05) is 36.4 Å². The van der Waals surface area contributed by atoms with Gasteiger partial charge in [0.2, 0.25) is 0 Å². The number of benzene rings is 2. The van der Waals surface area contributed by atoms with Gasteiger partial charge in [0.25, 0.3) is 5.22 Å². The molecule has 154 valence electrons. The monoisotopic (exact) mass is 432 g/mol. The number of aryl methyl sites for hydroxylation is 1. The second-order valence-corrected chi connectivity index (χ2v) is 9.95. The maximum atomic E-state index is 11.3. The van der Waals surface area contributed by atoms with Crippen LogP contribution in [-0.2, 0) is 16.5 Å². The third-order valence-corrected chi connectivity index (χ3v) is 6.39. The van der Waals surface area contributed by atoms with Crippen molar-refractivity contribution in [3.8, 4) is 5.75 Å². The summed E-state index contributed by atoms with van der Waals surface area (Å²) in [7, 11) is -3.51. The van der Waals surface area contributed by atoms with Gasteiger partial charge in [-0.3, -0.25) is 0 Å². The van der Waals surface area contributed by atoms with Crippen LogP contribution in [-0.4, -0.2) is 32.0 Å². The number of hydrogen-bond donors (Lipinski definition) is 1. The van der Waals surface area contributed by atoms with Gasteiger partial charge in [-0.25, -0.2) is 4.98 Å². The second-order valence-electron chi connectivity index (χ2n) is 7.33. The van der Waals surface area contributed by atoms with Crippen LogP contribution in [0.25, 0.3) is 11.1 Å². The first-order valence-electron chi connectivity index (χ1n) is 9.71. The Morgan fingerprint density at radius 2 is 2.14 bits per heavy atom. The molecule has 1 aliphatic heterocycles. The van der Waals surface area contributed by atoms with Crippen molar-refractivity contribution >= 4 is 38.7 Å². The first-order valence-corrected chi connectivity index (χ1v) is 12.5. The molecule has 1 N–H and O–H groups in total. The molecule has 4 rings (SSSR count). The minimum Gasteiger partial charge on any atom is -0.431 e. The van der Waals surface area contributed by atoms with Crippen molar-refractivity contribution in [2.24, 2.45) is 5.92 Å². The van der Waals surface area contributed by atoms with Gasteiger partial charge >= 0.3 is 10.1 Å². The molecule has 0 saturated carbocycles. The van der Waals surface area contributed by atoms with Gasteiger partial charge in [0.15, 0.2) is 5.58 Å². The molecule has 0 bridgehead atoms. The van der Waals surface area contributed by atoms with Gasteiger partial charge in [0, 0.05) is 18.0 Å². The van der Waals surface area contributed by atoms with Gasteiger partial charge in [0.05, 0.1) is 6.26 Å². The Kier molecular flexibility index (Phi) is 6.01. The highest BCUT2D eigenvalue weighted by molar-refractivity contribution is 7.99. The van der Waals surface area contributed by atoms with Crippen molar-refractivity contribution in [1.82, 2.24) is 4.98 Å². The van der Waals surface area contributed by atoms with Crippen molar-refractivity contribution in [2.45, 2.75) is 30.9 Å². The van der Waals surface area contributed by atoms with Gasteiger partial charge < -0.3 is 13.9 Å². The zero-order valence-corrected chi connectivity index (χ0v) is 17.9. The zero-order chi connectivity index (χ0) is 20.3. The van der Waals surface area contributed by atoms with Gasteiger partial charge in [-0.1, -0.05) is 23.9 Å². The van der Waals surface area contributed by atoms with Gasteiger partial charge in [-0.15, -0.1) is 0 Å². The Bertz CT molecular complexity index is 1060. The first kappa shape index (κ1) is 20.1. The molecule has 1 aromatic heterocycles. The predicted molar refractivity (Wildman–Crippen MR) is 116 cm³/mol. The molecule has 2 heterocycles. The van der Waals surface area contributed by atoms with E-state index in [2.05, 4.69) is 10.3 Å². The zero-order valence-electron chi connectivity index (χ0n) is 16.3. The molecule has 29 heavy (non-hydrogen) atoms. The summed E-state index contributed by atoms with van der Waals surface area (Å²) in [5.41, 5.74) is 3.91. The van der Waals surface area contributed by atoms with E-state index in [0.717, 1.165) is 71.8 Å². The number of para-hydroxylation sites is 2. The van der Waals surface area contributed by atoms with Crippen molar-refractivity contribution < 1.29 is 17.0 Å². The maximum absolute atomic E-state index is 11.3. The standard InChI is InChI=1S/C21H24N2O4S2/c1-29(24,25)27-17-10-11-18-16(13-17)9-8-15(14-22-18)5-4-12-28-21-23-19-6-2-3-7-20(19)26-21/h2-3,6-7,10-11,13,15,22H,4-5,8-9,12,14H2,1H3. The molecule has 0 fully saturated rings. The average molecular weight is 433 g/mol. The quantitative estimate of drug-likeness (QED) is 0.329. The molecule has 0 aliphatic carbocycles. The summed E-state index contributed by atoms with van der Waals surface area (Å²) in [5.74, 6) is 1.93. The van der Waals surface area contributed by atoms with Crippen molar-refractivity contribution in [3.05, 3.63) is 48.0 Å². The second kappa shape index (κ2) is 8.67. The summed E-state index contributed by atoms with van der Waals surface area (Å²) in [4.78, 5) is 4.50. The Balaban J connectivity index is 1.26. The summed E-state index contributed by atoms with van der Waals surface area (Å²) in [6.07, 6.45) is 5.25. The average Bonchev–Trinajstić information content (AvgIpc) is 2.98. The van der Waals surface area contributed by atoms with Crippen molar-refractivity contribution in [1.29, 1.82) is 0 Å². The Hall–Kier alpha value is -2.19. The van der Waals surface area contributed by atoms with E-state index in [1.165, 1.54) is 0 Å². The fourth-order valence-electron chi connectivity index (χ4n) is 3.58. The Morgan fingerprint density at radius 1 is 1.28 bits per heavy atom. The molecule has 0 amide bonds. The molecule has 0 saturated heterocycles. The molecule has 2 aromatic carbocycles. The van der Waals surface area contributed by atoms with E-state index in [-0.39, 0.29) is 0 Å². The number of oxazole rings is 1. The highest BCUT2D eigenvalue weighted by atomic mass is 32.2. The van der Waals surface area contributed by atoms with Crippen LogP contribution in [0.3, 0.4) is 0 Å². The number of thioether (sulfide) groups is 1. The summed E-state index contributed by atoms with van der Waals surface area (Å²) in [6.45, 7) is 0.923. The van der Waals surface area contributed by atoms with Crippen LogP contribution >= 0.6 is 11.8 Å². The van der Waals surface area contributed by atoms with Crippen LogP contribution in [0, 0.1) is 5.92 Å². The van der Waals surface area contributed by atoms with Crippen LogP contribution in [0.2, 0.25) is 0 Å². The molecule has 0 spiro atoms. The molecule has 1 aliphatic rings. The highest BCUT2D eigenvalue weighted by Gasteiger charge is 2.17.